The number of hydrogen-bond donors (Lipinski definition) is 1. The molecule has 180 valence electrons. The van der Waals surface area contributed by atoms with Gasteiger partial charge in [0.05, 0.1) is 6.10 Å². The van der Waals surface area contributed by atoms with E-state index >= 15 is 0 Å². The molecule has 0 aliphatic heterocycles. The molecule has 6 atom stereocenters. The summed E-state index contributed by atoms with van der Waals surface area (Å²) in [6.45, 7) is 15.2. The lowest BCUT2D eigenvalue weighted by atomic mass is 9.60. The smallest absolute Gasteiger partial charge is 0.302 e. The maximum atomic E-state index is 12.0. The van der Waals surface area contributed by atoms with Gasteiger partial charge in [-0.05, 0) is 73.7 Å². The standard InChI is InChI=1S/C29H46O3/c1-19(2)9-7-10-21(4)28-27(32-22(5)30)18-26-23(11-8-16-29(26,28)6)13-14-24-17-25(31)15-12-20(24)3/h13-14,19,21,25-28,31H,3,7-12,15-18H2,1-2,4-6H3/b23-13+,24-14+/t21-,25+,26+,27?,28+,29-/m1/s1. The molecule has 0 aromatic heterocycles. The third-order valence-electron chi connectivity index (χ3n) is 8.61. The minimum absolute atomic E-state index is 0.0252. The van der Waals surface area contributed by atoms with E-state index in [2.05, 4.69) is 46.4 Å². The van der Waals surface area contributed by atoms with Gasteiger partial charge in [0, 0.05) is 12.8 Å². The first-order valence-electron chi connectivity index (χ1n) is 13.0. The number of esters is 1. The van der Waals surface area contributed by atoms with Crippen LogP contribution in [0.2, 0.25) is 0 Å². The summed E-state index contributed by atoms with van der Waals surface area (Å²) in [6.07, 6.45) is 15.0. The zero-order chi connectivity index (χ0) is 23.5. The van der Waals surface area contributed by atoms with Crippen molar-refractivity contribution in [2.24, 2.45) is 29.1 Å². The van der Waals surface area contributed by atoms with E-state index in [1.165, 1.54) is 48.8 Å². The van der Waals surface area contributed by atoms with Gasteiger partial charge in [0.1, 0.15) is 6.10 Å². The normalized spacial score (nSPS) is 36.5. The fraction of sp³-hybridized carbons (Fsp3) is 0.759. The lowest BCUT2D eigenvalue weighted by Gasteiger charge is -2.44. The monoisotopic (exact) mass is 442 g/mol. The molecule has 1 unspecified atom stereocenters. The predicted molar refractivity (Wildman–Crippen MR) is 132 cm³/mol. The molecule has 0 heterocycles. The van der Waals surface area contributed by atoms with Crippen molar-refractivity contribution in [1.29, 1.82) is 0 Å². The Morgan fingerprint density at radius 3 is 2.69 bits per heavy atom. The second kappa shape index (κ2) is 10.7. The van der Waals surface area contributed by atoms with E-state index in [-0.39, 0.29) is 23.6 Å². The van der Waals surface area contributed by atoms with Crippen molar-refractivity contribution >= 4 is 5.97 Å². The molecule has 3 rings (SSSR count). The van der Waals surface area contributed by atoms with E-state index in [4.69, 9.17) is 4.74 Å². The number of carbonyl (C=O) groups is 1. The quantitative estimate of drug-likeness (QED) is 0.425. The highest BCUT2D eigenvalue weighted by Gasteiger charge is 2.56. The molecule has 3 heteroatoms. The van der Waals surface area contributed by atoms with Crippen LogP contribution in [0.4, 0.5) is 0 Å². The van der Waals surface area contributed by atoms with Crippen molar-refractivity contribution in [3.8, 4) is 0 Å². The number of aliphatic hydroxyl groups is 1. The Labute approximate surface area is 196 Å². The average Bonchev–Trinajstić information content (AvgIpc) is 2.99. The lowest BCUT2D eigenvalue weighted by Crippen LogP contribution is -2.39. The van der Waals surface area contributed by atoms with Gasteiger partial charge in [-0.1, -0.05) is 76.8 Å². The maximum Gasteiger partial charge on any atom is 0.302 e. The minimum Gasteiger partial charge on any atom is -0.462 e. The van der Waals surface area contributed by atoms with Gasteiger partial charge >= 0.3 is 5.97 Å². The molecule has 0 radical (unpaired) electrons. The Morgan fingerprint density at radius 2 is 2.00 bits per heavy atom. The number of rotatable bonds is 7. The molecule has 0 aromatic carbocycles. The topological polar surface area (TPSA) is 46.5 Å². The number of hydrogen-bond acceptors (Lipinski definition) is 3. The summed E-state index contributed by atoms with van der Waals surface area (Å²) in [6, 6.07) is 0. The second-order valence-electron chi connectivity index (χ2n) is 11.6. The first-order valence-corrected chi connectivity index (χ1v) is 13.0. The SMILES string of the molecule is C=C1CC[C@H](O)C/C1=C\C=C1/CCC[C@@]2(C)[C@@H]([C@H](C)CCCC(C)C)C(OC(C)=O)C[C@@H]12. The van der Waals surface area contributed by atoms with Gasteiger partial charge in [0.25, 0.3) is 0 Å². The highest BCUT2D eigenvalue weighted by Crippen LogP contribution is 2.60. The Bertz CT molecular complexity index is 746. The van der Waals surface area contributed by atoms with Gasteiger partial charge in [-0.15, -0.1) is 0 Å². The van der Waals surface area contributed by atoms with Gasteiger partial charge in [-0.3, -0.25) is 4.79 Å². The van der Waals surface area contributed by atoms with Gasteiger partial charge in [-0.2, -0.15) is 0 Å². The fourth-order valence-electron chi connectivity index (χ4n) is 7.04. The van der Waals surface area contributed by atoms with E-state index in [1.54, 1.807) is 6.92 Å². The highest BCUT2D eigenvalue weighted by atomic mass is 16.5. The number of fused-ring (bicyclic) bond motifs is 1. The van der Waals surface area contributed by atoms with Crippen LogP contribution in [0.1, 0.15) is 98.8 Å². The van der Waals surface area contributed by atoms with Crippen LogP contribution >= 0.6 is 0 Å². The molecule has 0 bridgehead atoms. The largest absolute Gasteiger partial charge is 0.462 e. The van der Waals surface area contributed by atoms with Crippen LogP contribution in [-0.2, 0) is 9.53 Å². The fourth-order valence-corrected chi connectivity index (χ4v) is 7.04. The van der Waals surface area contributed by atoms with Gasteiger partial charge < -0.3 is 9.84 Å². The average molecular weight is 443 g/mol. The summed E-state index contributed by atoms with van der Waals surface area (Å²) in [7, 11) is 0. The van der Waals surface area contributed by atoms with Crippen LogP contribution in [0.15, 0.2) is 35.5 Å². The van der Waals surface area contributed by atoms with Crippen molar-refractivity contribution in [3.05, 3.63) is 35.5 Å². The summed E-state index contributed by atoms with van der Waals surface area (Å²) in [5.41, 5.74) is 4.07. The molecule has 3 saturated carbocycles. The van der Waals surface area contributed by atoms with Gasteiger partial charge in [0.15, 0.2) is 0 Å². The van der Waals surface area contributed by atoms with Crippen LogP contribution in [0.25, 0.3) is 0 Å². The molecule has 3 aliphatic carbocycles. The van der Waals surface area contributed by atoms with Crippen molar-refractivity contribution in [3.63, 3.8) is 0 Å². The van der Waals surface area contributed by atoms with Crippen molar-refractivity contribution in [2.75, 3.05) is 0 Å². The summed E-state index contributed by atoms with van der Waals surface area (Å²) >= 11 is 0. The molecule has 3 aliphatic rings. The van der Waals surface area contributed by atoms with Crippen molar-refractivity contribution in [2.45, 2.75) is 111 Å². The minimum atomic E-state index is -0.238. The zero-order valence-electron chi connectivity index (χ0n) is 21.2. The molecule has 0 amide bonds. The molecule has 0 saturated heterocycles. The zero-order valence-corrected chi connectivity index (χ0v) is 21.2. The molecule has 0 aromatic rings. The number of ether oxygens (including phenoxy) is 1. The Morgan fingerprint density at radius 1 is 1.25 bits per heavy atom. The molecule has 0 spiro atoms. The van der Waals surface area contributed by atoms with E-state index in [1.807, 2.05) is 0 Å². The van der Waals surface area contributed by atoms with Gasteiger partial charge in [0.2, 0.25) is 0 Å². The summed E-state index contributed by atoms with van der Waals surface area (Å²) in [5.74, 6) is 2.04. The van der Waals surface area contributed by atoms with E-state index in [9.17, 15) is 9.90 Å². The third kappa shape index (κ3) is 5.76. The van der Waals surface area contributed by atoms with E-state index in [0.717, 1.165) is 38.0 Å². The van der Waals surface area contributed by atoms with E-state index < -0.39 is 0 Å². The summed E-state index contributed by atoms with van der Waals surface area (Å²) in [5, 5.41) is 10.1. The van der Waals surface area contributed by atoms with Gasteiger partial charge in [-0.25, -0.2) is 0 Å². The molecular formula is C29H46O3. The first-order chi connectivity index (χ1) is 15.1. The lowest BCUT2D eigenvalue weighted by molar-refractivity contribution is -0.150. The second-order valence-corrected chi connectivity index (χ2v) is 11.6. The molecular weight excluding hydrogens is 396 g/mol. The van der Waals surface area contributed by atoms with Crippen LogP contribution in [0, 0.1) is 29.1 Å². The van der Waals surface area contributed by atoms with Crippen LogP contribution < -0.4 is 0 Å². The summed E-state index contributed by atoms with van der Waals surface area (Å²) in [4.78, 5) is 12.0. The molecule has 32 heavy (non-hydrogen) atoms. The van der Waals surface area contributed by atoms with Crippen LogP contribution in [0.3, 0.4) is 0 Å². The number of carbonyl (C=O) groups excluding carboxylic acids is 1. The highest BCUT2D eigenvalue weighted by molar-refractivity contribution is 5.66. The molecule has 3 fully saturated rings. The van der Waals surface area contributed by atoms with Crippen molar-refractivity contribution < 1.29 is 14.6 Å². The van der Waals surface area contributed by atoms with Crippen LogP contribution in [0.5, 0.6) is 0 Å². The number of allylic oxidation sites excluding steroid dienone is 4. The van der Waals surface area contributed by atoms with E-state index in [0.29, 0.717) is 17.8 Å². The summed E-state index contributed by atoms with van der Waals surface area (Å²) < 4.78 is 5.97. The maximum absolute atomic E-state index is 12.0. The Balaban J connectivity index is 1.84. The van der Waals surface area contributed by atoms with Crippen molar-refractivity contribution in [1.82, 2.24) is 0 Å². The predicted octanol–water partition coefficient (Wildman–Crippen LogP) is 7.16. The third-order valence-corrected chi connectivity index (χ3v) is 8.61. The molecule has 1 N–H and O–H groups in total. The Hall–Kier alpha value is -1.35. The molecule has 3 nitrogen and oxygen atoms in total. The Kier molecular flexibility index (Phi) is 8.47. The van der Waals surface area contributed by atoms with Crippen LogP contribution in [-0.4, -0.2) is 23.3 Å². The first kappa shape index (κ1) is 25.3. The number of aliphatic hydroxyl groups excluding tert-OH is 1.